The SMILES string of the molecule is CCN(CC)CCN1C(=O)C(=O)C(=C(O)c2ccc(OCc3cccc(C)c3)cc2)[C@H]1c1cccc(O)c1. The quantitative estimate of drug-likeness (QED) is 0.224. The summed E-state index contributed by atoms with van der Waals surface area (Å²) in [6.07, 6.45) is 0. The summed E-state index contributed by atoms with van der Waals surface area (Å²) in [6.45, 7) is 9.04. The number of carbonyl (C=O) groups is 2. The highest BCUT2D eigenvalue weighted by molar-refractivity contribution is 6.46. The van der Waals surface area contributed by atoms with E-state index in [4.69, 9.17) is 4.74 Å². The third-order valence-corrected chi connectivity index (χ3v) is 6.89. The van der Waals surface area contributed by atoms with E-state index in [9.17, 15) is 19.8 Å². The number of aryl methyl sites for hydroxylation is 1. The Balaban J connectivity index is 1.64. The fourth-order valence-corrected chi connectivity index (χ4v) is 4.77. The molecule has 1 atom stereocenters. The van der Waals surface area contributed by atoms with Crippen molar-refractivity contribution in [1.82, 2.24) is 9.80 Å². The minimum atomic E-state index is -0.810. The van der Waals surface area contributed by atoms with Gasteiger partial charge in [0, 0.05) is 18.7 Å². The zero-order valence-corrected chi connectivity index (χ0v) is 22.1. The largest absolute Gasteiger partial charge is 0.508 e. The molecule has 7 nitrogen and oxygen atoms in total. The molecular weight excluding hydrogens is 480 g/mol. The topological polar surface area (TPSA) is 90.3 Å². The van der Waals surface area contributed by atoms with Crippen LogP contribution in [0, 0.1) is 6.92 Å². The summed E-state index contributed by atoms with van der Waals surface area (Å²) in [7, 11) is 0. The number of hydrogen-bond donors (Lipinski definition) is 2. The Kier molecular flexibility index (Phi) is 8.48. The molecule has 7 heteroatoms. The van der Waals surface area contributed by atoms with Gasteiger partial charge < -0.3 is 24.7 Å². The highest BCUT2D eigenvalue weighted by Crippen LogP contribution is 2.40. The number of nitrogens with zero attached hydrogens (tertiary/aromatic N) is 2. The second kappa shape index (κ2) is 12.0. The zero-order chi connectivity index (χ0) is 27.2. The molecule has 0 spiro atoms. The molecule has 1 saturated heterocycles. The number of aliphatic hydroxyl groups is 1. The fraction of sp³-hybridized carbons (Fsp3) is 0.290. The highest BCUT2D eigenvalue weighted by atomic mass is 16.5. The summed E-state index contributed by atoms with van der Waals surface area (Å²) in [5.74, 6) is -1.02. The molecular formula is C31H34N2O5. The molecule has 198 valence electrons. The maximum absolute atomic E-state index is 13.2. The number of likely N-dealkylation sites (N-methyl/N-ethyl adjacent to an activating group) is 1. The normalized spacial score (nSPS) is 16.8. The van der Waals surface area contributed by atoms with E-state index in [1.807, 2.05) is 39.0 Å². The van der Waals surface area contributed by atoms with Crippen LogP contribution in [0.25, 0.3) is 5.76 Å². The van der Waals surface area contributed by atoms with Crippen molar-refractivity contribution in [1.29, 1.82) is 0 Å². The van der Waals surface area contributed by atoms with Crippen LogP contribution in [-0.2, 0) is 16.2 Å². The molecule has 1 fully saturated rings. The van der Waals surface area contributed by atoms with Crippen molar-refractivity contribution in [3.05, 3.63) is 101 Å². The van der Waals surface area contributed by atoms with Gasteiger partial charge in [-0.3, -0.25) is 9.59 Å². The number of amides is 1. The van der Waals surface area contributed by atoms with Gasteiger partial charge in [-0.2, -0.15) is 0 Å². The monoisotopic (exact) mass is 514 g/mol. The van der Waals surface area contributed by atoms with Crippen LogP contribution in [0.15, 0.2) is 78.4 Å². The Labute approximate surface area is 223 Å². The smallest absolute Gasteiger partial charge is 0.295 e. The van der Waals surface area contributed by atoms with Gasteiger partial charge in [0.2, 0.25) is 0 Å². The number of likely N-dealkylation sites (tertiary alicyclic amines) is 1. The van der Waals surface area contributed by atoms with Crippen molar-refractivity contribution >= 4 is 17.4 Å². The van der Waals surface area contributed by atoms with E-state index in [1.165, 1.54) is 17.0 Å². The third-order valence-electron chi connectivity index (χ3n) is 6.89. The summed E-state index contributed by atoms with van der Waals surface area (Å²) in [4.78, 5) is 30.0. The number of ether oxygens (including phenoxy) is 1. The van der Waals surface area contributed by atoms with Gasteiger partial charge in [0.15, 0.2) is 0 Å². The van der Waals surface area contributed by atoms with Gasteiger partial charge in [-0.1, -0.05) is 55.8 Å². The number of Topliss-reactive ketones (excluding diaryl/α,β-unsaturated/α-hetero) is 1. The van der Waals surface area contributed by atoms with Gasteiger partial charge in [-0.25, -0.2) is 0 Å². The first kappa shape index (κ1) is 26.9. The molecule has 0 unspecified atom stereocenters. The lowest BCUT2D eigenvalue weighted by atomic mass is 9.95. The predicted molar refractivity (Wildman–Crippen MR) is 147 cm³/mol. The van der Waals surface area contributed by atoms with Crippen LogP contribution in [0.2, 0.25) is 0 Å². The maximum Gasteiger partial charge on any atom is 0.295 e. The highest BCUT2D eigenvalue weighted by Gasteiger charge is 2.46. The molecule has 0 bridgehead atoms. The van der Waals surface area contributed by atoms with Crippen molar-refractivity contribution in [2.45, 2.75) is 33.4 Å². The van der Waals surface area contributed by atoms with Crippen molar-refractivity contribution in [2.75, 3.05) is 26.2 Å². The van der Waals surface area contributed by atoms with E-state index in [1.54, 1.807) is 36.4 Å². The van der Waals surface area contributed by atoms with Crippen LogP contribution in [0.5, 0.6) is 11.5 Å². The fourth-order valence-electron chi connectivity index (χ4n) is 4.77. The average molecular weight is 515 g/mol. The Hall–Kier alpha value is -4.10. The zero-order valence-electron chi connectivity index (χ0n) is 22.1. The first-order chi connectivity index (χ1) is 18.3. The number of aromatic hydroxyl groups is 1. The predicted octanol–water partition coefficient (Wildman–Crippen LogP) is 5.04. The van der Waals surface area contributed by atoms with Crippen molar-refractivity contribution in [3.8, 4) is 11.5 Å². The van der Waals surface area contributed by atoms with Crippen LogP contribution in [-0.4, -0.2) is 57.9 Å². The number of aliphatic hydroxyl groups excluding tert-OH is 1. The van der Waals surface area contributed by atoms with Gasteiger partial charge in [0.25, 0.3) is 11.7 Å². The van der Waals surface area contributed by atoms with Crippen LogP contribution >= 0.6 is 0 Å². The van der Waals surface area contributed by atoms with Crippen molar-refractivity contribution in [2.24, 2.45) is 0 Å². The molecule has 1 heterocycles. The van der Waals surface area contributed by atoms with Gasteiger partial charge in [-0.05, 0) is 67.5 Å². The van der Waals surface area contributed by atoms with Crippen LogP contribution in [0.3, 0.4) is 0 Å². The first-order valence-electron chi connectivity index (χ1n) is 12.9. The number of hydrogen-bond acceptors (Lipinski definition) is 6. The third kappa shape index (κ3) is 5.89. The molecule has 0 aliphatic carbocycles. The summed E-state index contributed by atoms with van der Waals surface area (Å²) in [6, 6.07) is 20.5. The second-order valence-corrected chi connectivity index (χ2v) is 9.42. The van der Waals surface area contributed by atoms with E-state index in [-0.39, 0.29) is 17.1 Å². The Morgan fingerprint density at radius 1 is 0.974 bits per heavy atom. The number of phenolic OH excluding ortho intramolecular Hbond substituents is 1. The Morgan fingerprint density at radius 3 is 2.34 bits per heavy atom. The second-order valence-electron chi connectivity index (χ2n) is 9.42. The molecule has 0 aromatic heterocycles. The van der Waals surface area contributed by atoms with Crippen molar-refractivity contribution < 1.29 is 24.5 Å². The number of benzene rings is 3. The van der Waals surface area contributed by atoms with Gasteiger partial charge >= 0.3 is 0 Å². The molecule has 1 aliphatic heterocycles. The van der Waals surface area contributed by atoms with Gasteiger partial charge in [-0.15, -0.1) is 0 Å². The van der Waals surface area contributed by atoms with Crippen LogP contribution < -0.4 is 4.74 Å². The van der Waals surface area contributed by atoms with E-state index < -0.39 is 17.7 Å². The van der Waals surface area contributed by atoms with E-state index in [2.05, 4.69) is 11.0 Å². The van der Waals surface area contributed by atoms with Crippen molar-refractivity contribution in [3.63, 3.8) is 0 Å². The van der Waals surface area contributed by atoms with Crippen LogP contribution in [0.4, 0.5) is 0 Å². The van der Waals surface area contributed by atoms with E-state index in [0.717, 1.165) is 24.2 Å². The molecule has 0 radical (unpaired) electrons. The minimum absolute atomic E-state index is 0.00794. The molecule has 3 aromatic carbocycles. The minimum Gasteiger partial charge on any atom is -0.508 e. The van der Waals surface area contributed by atoms with E-state index >= 15 is 0 Å². The number of ketones is 1. The van der Waals surface area contributed by atoms with Gasteiger partial charge in [0.05, 0.1) is 11.6 Å². The molecule has 3 aromatic rings. The molecule has 2 N–H and O–H groups in total. The molecule has 0 saturated carbocycles. The first-order valence-corrected chi connectivity index (χ1v) is 12.9. The lowest BCUT2D eigenvalue weighted by Crippen LogP contribution is -2.38. The van der Waals surface area contributed by atoms with E-state index in [0.29, 0.717) is 36.6 Å². The summed E-state index contributed by atoms with van der Waals surface area (Å²) < 4.78 is 5.88. The lowest BCUT2D eigenvalue weighted by Gasteiger charge is -2.28. The molecule has 38 heavy (non-hydrogen) atoms. The molecule has 1 aliphatic rings. The summed E-state index contributed by atoms with van der Waals surface area (Å²) in [5, 5.41) is 21.4. The Bertz CT molecular complexity index is 1330. The lowest BCUT2D eigenvalue weighted by molar-refractivity contribution is -0.140. The molecule has 1 amide bonds. The summed E-state index contributed by atoms with van der Waals surface area (Å²) in [5.41, 5.74) is 3.17. The van der Waals surface area contributed by atoms with Crippen LogP contribution in [0.1, 0.15) is 42.1 Å². The Morgan fingerprint density at radius 2 is 1.68 bits per heavy atom. The standard InChI is InChI=1S/C31H34N2O5/c1-4-32(5-2)16-17-33-28(24-10-7-11-25(34)19-24)27(30(36)31(33)37)29(35)23-12-14-26(15-13-23)38-20-22-9-6-8-21(3)18-22/h6-15,18-19,28,34-35H,4-5,16-17,20H2,1-3H3/t28-/m1/s1. The number of phenols is 1. The maximum atomic E-state index is 13.2. The number of carbonyl (C=O) groups excluding carboxylic acids is 2. The number of rotatable bonds is 10. The summed E-state index contributed by atoms with van der Waals surface area (Å²) >= 11 is 0. The molecule has 4 rings (SSSR count). The van der Waals surface area contributed by atoms with Gasteiger partial charge in [0.1, 0.15) is 23.9 Å². The average Bonchev–Trinajstić information content (AvgIpc) is 3.17.